The van der Waals surface area contributed by atoms with E-state index in [-0.39, 0.29) is 24.2 Å². The van der Waals surface area contributed by atoms with Crippen molar-refractivity contribution in [3.05, 3.63) is 77.3 Å². The number of aliphatic carboxylic acids is 1. The number of allylic oxidation sites excluding steroid dienone is 1. The number of amides is 2. The van der Waals surface area contributed by atoms with E-state index in [2.05, 4.69) is 19.2 Å². The Balaban J connectivity index is 1.26. The fourth-order valence-corrected chi connectivity index (χ4v) is 8.49. The van der Waals surface area contributed by atoms with Gasteiger partial charge in [-0.05, 0) is 75.6 Å². The van der Waals surface area contributed by atoms with Gasteiger partial charge >= 0.3 is 5.97 Å². The van der Waals surface area contributed by atoms with E-state index in [1.165, 1.54) is 11.3 Å². The second-order valence-electron chi connectivity index (χ2n) is 14.3. The molecular weight excluding hydrogens is 665 g/mol. The number of carbonyl (C=O) groups is 3. The first-order valence-corrected chi connectivity index (χ1v) is 18.7. The highest BCUT2D eigenvalue weighted by atomic mass is 32.1. The fourth-order valence-electron chi connectivity index (χ4n) is 7.55. The Bertz CT molecular complexity index is 1990. The molecule has 2 saturated carbocycles. The predicted molar refractivity (Wildman–Crippen MR) is 197 cm³/mol. The molecule has 3 heterocycles. The Kier molecular flexibility index (Phi) is 9.58. The number of nitrogens with one attached hydrogen (secondary N) is 1. The summed E-state index contributed by atoms with van der Waals surface area (Å²) < 4.78 is 12.5. The summed E-state index contributed by atoms with van der Waals surface area (Å²) >= 11 is 1.53. The number of rotatable bonds is 7. The molecule has 1 aliphatic heterocycles. The SMILES string of the molecule is COc1ccc2c(O[C@@H]3C[C@H]4C(=O)N[C@]5(C(=O)O)C[C@H]5/C=C\CCCCN(c5ccccc5)C(=O)[C@@H]4C3)cc(-c3nc(C(C)C)cs3)nc2c1C. The number of fused-ring (bicyclic) bond motifs is 3. The minimum absolute atomic E-state index is 0.151. The number of nitrogens with zero attached hydrogens (tertiary/aromatic N) is 3. The Morgan fingerprint density at radius 3 is 2.57 bits per heavy atom. The van der Waals surface area contributed by atoms with E-state index in [9.17, 15) is 19.5 Å². The van der Waals surface area contributed by atoms with Crippen molar-refractivity contribution < 1.29 is 29.0 Å². The highest BCUT2D eigenvalue weighted by Crippen LogP contribution is 2.47. The van der Waals surface area contributed by atoms with Crippen LogP contribution in [0.4, 0.5) is 5.69 Å². The van der Waals surface area contributed by atoms with Gasteiger partial charge in [-0.3, -0.25) is 9.59 Å². The van der Waals surface area contributed by atoms with Crippen LogP contribution >= 0.6 is 11.3 Å². The Morgan fingerprint density at radius 1 is 1.06 bits per heavy atom. The molecule has 2 aromatic carbocycles. The van der Waals surface area contributed by atoms with Crippen molar-refractivity contribution in [3.8, 4) is 22.2 Å². The number of pyridine rings is 1. The van der Waals surface area contributed by atoms with Gasteiger partial charge in [0, 0.05) is 40.5 Å². The van der Waals surface area contributed by atoms with Crippen molar-refractivity contribution in [3.63, 3.8) is 0 Å². The number of benzene rings is 2. The predicted octanol–water partition coefficient (Wildman–Crippen LogP) is 7.31. The summed E-state index contributed by atoms with van der Waals surface area (Å²) in [7, 11) is 1.63. The monoisotopic (exact) mass is 708 g/mol. The molecule has 0 spiro atoms. The second kappa shape index (κ2) is 14.1. The highest BCUT2D eigenvalue weighted by Gasteiger charge is 2.61. The van der Waals surface area contributed by atoms with Crippen LogP contribution in [0.1, 0.15) is 69.5 Å². The molecule has 7 rings (SSSR count). The van der Waals surface area contributed by atoms with Gasteiger partial charge in [-0.25, -0.2) is 14.8 Å². The third kappa shape index (κ3) is 6.71. The largest absolute Gasteiger partial charge is 0.496 e. The van der Waals surface area contributed by atoms with Gasteiger partial charge in [0.15, 0.2) is 0 Å². The number of hydrogen-bond acceptors (Lipinski definition) is 8. The van der Waals surface area contributed by atoms with Crippen LogP contribution < -0.4 is 19.7 Å². The van der Waals surface area contributed by atoms with Crippen LogP contribution in [0, 0.1) is 24.7 Å². The molecule has 0 bridgehead atoms. The first kappa shape index (κ1) is 34.7. The number of carbonyl (C=O) groups excluding carboxylic acids is 2. The summed E-state index contributed by atoms with van der Waals surface area (Å²) in [6.45, 7) is 6.68. The number of aryl methyl sites for hydroxylation is 1. The smallest absolute Gasteiger partial charge is 0.330 e. The molecule has 2 amide bonds. The number of thiazole rings is 1. The number of aromatic nitrogens is 2. The number of ether oxygens (including phenoxy) is 2. The molecule has 5 atom stereocenters. The van der Waals surface area contributed by atoms with Gasteiger partial charge in [0.1, 0.15) is 33.8 Å². The Hall–Kier alpha value is -4.77. The number of hydrogen-bond donors (Lipinski definition) is 2. The van der Waals surface area contributed by atoms with E-state index in [4.69, 9.17) is 19.4 Å². The van der Waals surface area contributed by atoms with E-state index in [0.717, 1.165) is 52.1 Å². The maximum Gasteiger partial charge on any atom is 0.330 e. The number of anilines is 1. The summed E-state index contributed by atoms with van der Waals surface area (Å²) in [5.41, 5.74) is 2.65. The highest BCUT2D eigenvalue weighted by molar-refractivity contribution is 7.13. The summed E-state index contributed by atoms with van der Waals surface area (Å²) in [6.07, 6.45) is 6.71. The molecule has 51 heavy (non-hydrogen) atoms. The summed E-state index contributed by atoms with van der Waals surface area (Å²) in [6, 6.07) is 15.3. The average Bonchev–Trinajstić information content (AvgIpc) is 3.42. The summed E-state index contributed by atoms with van der Waals surface area (Å²) in [5, 5.41) is 16.7. The maximum absolute atomic E-state index is 14.6. The molecule has 3 aliphatic rings. The molecule has 2 fully saturated rings. The lowest BCUT2D eigenvalue weighted by Gasteiger charge is -2.29. The van der Waals surface area contributed by atoms with Crippen molar-refractivity contribution in [2.45, 2.75) is 76.9 Å². The third-order valence-electron chi connectivity index (χ3n) is 10.6. The van der Waals surface area contributed by atoms with Crippen LogP contribution in [-0.2, 0) is 14.4 Å². The number of carboxylic acids is 1. The molecule has 11 heteroatoms. The van der Waals surface area contributed by atoms with Gasteiger partial charge < -0.3 is 24.8 Å². The zero-order valence-corrected chi connectivity index (χ0v) is 30.2. The van der Waals surface area contributed by atoms with Crippen molar-refractivity contribution >= 4 is 45.7 Å². The van der Waals surface area contributed by atoms with Crippen molar-refractivity contribution in [2.24, 2.45) is 17.8 Å². The molecule has 266 valence electrons. The molecule has 2 aliphatic carbocycles. The summed E-state index contributed by atoms with van der Waals surface area (Å²) in [4.78, 5) is 53.0. The average molecular weight is 709 g/mol. The van der Waals surface area contributed by atoms with Crippen molar-refractivity contribution in [1.29, 1.82) is 0 Å². The number of methoxy groups -OCH3 is 1. The lowest BCUT2D eigenvalue weighted by molar-refractivity contribution is -0.144. The minimum Gasteiger partial charge on any atom is -0.496 e. The first-order valence-electron chi connectivity index (χ1n) is 17.8. The third-order valence-corrected chi connectivity index (χ3v) is 11.5. The molecule has 0 unspecified atom stereocenters. The quantitative estimate of drug-likeness (QED) is 0.191. The topological polar surface area (TPSA) is 131 Å². The van der Waals surface area contributed by atoms with Crippen LogP contribution in [0.25, 0.3) is 21.6 Å². The molecule has 4 aromatic rings. The van der Waals surface area contributed by atoms with E-state index < -0.39 is 35.4 Å². The van der Waals surface area contributed by atoms with E-state index in [1.807, 2.05) is 73.0 Å². The Labute approximate surface area is 301 Å². The molecule has 0 radical (unpaired) electrons. The fraction of sp³-hybridized carbons (Fsp3) is 0.425. The number of carboxylic acid groups (broad SMARTS) is 1. The summed E-state index contributed by atoms with van der Waals surface area (Å²) in [5.74, 6) is -1.85. The van der Waals surface area contributed by atoms with E-state index >= 15 is 0 Å². The first-order chi connectivity index (χ1) is 24.6. The zero-order valence-electron chi connectivity index (χ0n) is 29.4. The number of para-hydroxylation sites is 1. The van der Waals surface area contributed by atoms with Crippen LogP contribution in [-0.4, -0.2) is 58.2 Å². The van der Waals surface area contributed by atoms with Crippen LogP contribution in [0.2, 0.25) is 0 Å². The normalized spacial score (nSPS) is 25.9. The van der Waals surface area contributed by atoms with E-state index in [0.29, 0.717) is 36.6 Å². The van der Waals surface area contributed by atoms with Crippen LogP contribution in [0.15, 0.2) is 66.1 Å². The standard InChI is InChI=1S/C40H44N4O6S/c1-23(2)32-22-51-37(42-32)31-20-34(28-15-16-33(49-4)24(3)35(28)41-31)50-27-18-29-30(19-27)38(46)44(26-13-9-7-10-14-26)17-11-6-5-8-12-25-21-40(25,39(47)48)43-36(29)45/h7-10,12-16,20,22-23,25,27,29-30H,5-6,11,17-19,21H2,1-4H3,(H,43,45)(H,47,48)/b12-8-/t25-,27-,29-,30-,40-/m1/s1. The van der Waals surface area contributed by atoms with Crippen molar-refractivity contribution in [1.82, 2.24) is 15.3 Å². The molecule has 10 nitrogen and oxygen atoms in total. The van der Waals surface area contributed by atoms with Crippen molar-refractivity contribution in [2.75, 3.05) is 18.6 Å². The Morgan fingerprint density at radius 2 is 1.84 bits per heavy atom. The van der Waals surface area contributed by atoms with Gasteiger partial charge in [-0.15, -0.1) is 11.3 Å². The molecular formula is C40H44N4O6S. The van der Waals surface area contributed by atoms with Gasteiger partial charge in [-0.2, -0.15) is 0 Å². The van der Waals surface area contributed by atoms with Gasteiger partial charge in [-0.1, -0.05) is 44.2 Å². The van der Waals surface area contributed by atoms with Crippen LogP contribution in [0.3, 0.4) is 0 Å². The molecule has 2 N–H and O–H groups in total. The minimum atomic E-state index is -1.36. The molecule has 2 aromatic heterocycles. The van der Waals surface area contributed by atoms with Gasteiger partial charge in [0.2, 0.25) is 11.8 Å². The second-order valence-corrected chi connectivity index (χ2v) is 15.1. The van der Waals surface area contributed by atoms with Gasteiger partial charge in [0.05, 0.1) is 30.2 Å². The zero-order chi connectivity index (χ0) is 35.9. The lowest BCUT2D eigenvalue weighted by Crippen LogP contribution is -2.49. The van der Waals surface area contributed by atoms with Crippen LogP contribution in [0.5, 0.6) is 11.5 Å². The van der Waals surface area contributed by atoms with Gasteiger partial charge in [0.25, 0.3) is 0 Å². The maximum atomic E-state index is 14.6. The van der Waals surface area contributed by atoms with E-state index in [1.54, 1.807) is 12.0 Å². The lowest BCUT2D eigenvalue weighted by atomic mass is 9.92. The molecule has 0 saturated heterocycles.